The van der Waals surface area contributed by atoms with Gasteiger partial charge in [0.15, 0.2) is 0 Å². The van der Waals surface area contributed by atoms with Gasteiger partial charge in [-0.3, -0.25) is 10.1 Å². The molecule has 0 aromatic carbocycles. The van der Waals surface area contributed by atoms with Crippen LogP contribution in [-0.4, -0.2) is 40.6 Å². The third-order valence-corrected chi connectivity index (χ3v) is 3.09. The molecule has 2 amide bonds. The molecule has 1 aromatic heterocycles. The van der Waals surface area contributed by atoms with E-state index in [1.807, 2.05) is 13.8 Å². The lowest BCUT2D eigenvalue weighted by Gasteiger charge is -2.16. The Kier molecular flexibility index (Phi) is 3.32. The number of carbonyl (C=O) groups is 1. The monoisotopic (exact) mass is 265 g/mol. The van der Waals surface area contributed by atoms with Crippen LogP contribution in [0.1, 0.15) is 19.4 Å². The van der Waals surface area contributed by atoms with Crippen molar-refractivity contribution in [3.8, 4) is 5.18 Å². The highest BCUT2D eigenvalue weighted by Crippen LogP contribution is 2.18. The Morgan fingerprint density at radius 1 is 1.39 bits per heavy atom. The summed E-state index contributed by atoms with van der Waals surface area (Å²) in [7, 11) is 0.0826. The maximum Gasteiger partial charge on any atom is 0.324 e. The van der Waals surface area contributed by atoms with Crippen LogP contribution in [0.5, 0.6) is 0 Å². The molecule has 0 aliphatic carbocycles. The fraction of sp³-hybridized carbons (Fsp3) is 0.500. The molecule has 0 unspecified atom stereocenters. The SMILES string of the molecule is C[S-](C)#Cc1cnc(N2CC(C)(C)NC2=O)nc1. The van der Waals surface area contributed by atoms with Gasteiger partial charge >= 0.3 is 6.03 Å². The lowest BCUT2D eigenvalue weighted by molar-refractivity contribution is 0.248. The van der Waals surface area contributed by atoms with E-state index in [0.29, 0.717) is 12.5 Å². The first-order valence-electron chi connectivity index (χ1n) is 5.63. The van der Waals surface area contributed by atoms with Gasteiger partial charge in [0, 0.05) is 18.0 Å². The summed E-state index contributed by atoms with van der Waals surface area (Å²) in [6, 6.07) is -0.147. The van der Waals surface area contributed by atoms with Crippen molar-refractivity contribution >= 4 is 22.3 Å². The van der Waals surface area contributed by atoms with Gasteiger partial charge in [-0.2, -0.15) is 0 Å². The highest BCUT2D eigenvalue weighted by atomic mass is 32.2. The summed E-state index contributed by atoms with van der Waals surface area (Å²) in [5.74, 6) is 0.440. The molecule has 1 fully saturated rings. The van der Waals surface area contributed by atoms with Crippen LogP contribution in [0.3, 0.4) is 0 Å². The van der Waals surface area contributed by atoms with Gasteiger partial charge in [0.25, 0.3) is 0 Å². The maximum absolute atomic E-state index is 11.8. The molecule has 1 N–H and O–H groups in total. The highest BCUT2D eigenvalue weighted by Gasteiger charge is 2.36. The van der Waals surface area contributed by atoms with E-state index >= 15 is 0 Å². The molecule has 6 heteroatoms. The second-order valence-electron chi connectivity index (χ2n) is 5.09. The van der Waals surface area contributed by atoms with Gasteiger partial charge in [-0.05, 0) is 13.8 Å². The summed E-state index contributed by atoms with van der Waals surface area (Å²) >= 11 is 0. The lowest BCUT2D eigenvalue weighted by atomic mass is 10.1. The molecular formula is C12H17N4OS-. The van der Waals surface area contributed by atoms with Gasteiger partial charge < -0.3 is 15.6 Å². The standard InChI is InChI=1S/C12H17N4OS/c1-12(2)8-16(11(17)15-12)10-13-5-9(6-14-10)7-18(3)4/h5-6H,8H2,1-4H3,(H,15,17)/q-1. The van der Waals surface area contributed by atoms with E-state index in [1.165, 1.54) is 0 Å². The van der Waals surface area contributed by atoms with E-state index in [4.69, 9.17) is 0 Å². The van der Waals surface area contributed by atoms with Crippen molar-refractivity contribution in [2.75, 3.05) is 24.0 Å². The second kappa shape index (κ2) is 4.63. The molecule has 1 saturated heterocycles. The smallest absolute Gasteiger partial charge is 0.324 e. The van der Waals surface area contributed by atoms with Crippen molar-refractivity contribution in [2.24, 2.45) is 0 Å². The average Bonchev–Trinajstić information content (AvgIpc) is 2.52. The summed E-state index contributed by atoms with van der Waals surface area (Å²) < 4.78 is 0. The van der Waals surface area contributed by atoms with Crippen molar-refractivity contribution < 1.29 is 4.79 Å². The third-order valence-electron chi connectivity index (χ3n) is 2.45. The number of hydrogen-bond acceptors (Lipinski definition) is 4. The van der Waals surface area contributed by atoms with Gasteiger partial charge in [-0.15, -0.1) is 12.5 Å². The minimum Gasteiger partial charge on any atom is -0.455 e. The Labute approximate surface area is 109 Å². The molecule has 0 atom stereocenters. The molecule has 1 aliphatic rings. The summed E-state index contributed by atoms with van der Waals surface area (Å²) in [6.07, 6.45) is 7.55. The molecule has 18 heavy (non-hydrogen) atoms. The quantitative estimate of drug-likeness (QED) is 0.770. The predicted octanol–water partition coefficient (Wildman–Crippen LogP) is 0.970. The largest absolute Gasteiger partial charge is 0.455 e. The topological polar surface area (TPSA) is 58.1 Å². The number of rotatable bonds is 1. The number of urea groups is 1. The molecule has 0 saturated carbocycles. The van der Waals surface area contributed by atoms with Gasteiger partial charge in [-0.1, -0.05) is 0 Å². The Morgan fingerprint density at radius 2 is 2.00 bits per heavy atom. The summed E-state index contributed by atoms with van der Waals surface area (Å²) in [4.78, 5) is 21.8. The Balaban J connectivity index is 2.23. The Morgan fingerprint density at radius 3 is 2.44 bits per heavy atom. The van der Waals surface area contributed by atoms with E-state index in [2.05, 4.69) is 33.0 Å². The fourth-order valence-corrected chi connectivity index (χ4v) is 2.35. The maximum atomic E-state index is 11.8. The Hall–Kier alpha value is -1.52. The fourth-order valence-electron chi connectivity index (χ4n) is 1.77. The van der Waals surface area contributed by atoms with Crippen LogP contribution in [0.15, 0.2) is 12.4 Å². The van der Waals surface area contributed by atoms with Gasteiger partial charge in [-0.25, -0.2) is 14.8 Å². The molecule has 98 valence electrons. The number of nitrogens with one attached hydrogen (secondary N) is 1. The number of nitrogens with zero attached hydrogens (tertiary/aromatic N) is 3. The van der Waals surface area contributed by atoms with E-state index < -0.39 is 0 Å². The molecular weight excluding hydrogens is 248 g/mol. The summed E-state index contributed by atoms with van der Waals surface area (Å²) in [6.45, 7) is 4.52. The van der Waals surface area contributed by atoms with Gasteiger partial charge in [0.2, 0.25) is 5.95 Å². The van der Waals surface area contributed by atoms with Crippen LogP contribution in [-0.2, 0) is 10.3 Å². The van der Waals surface area contributed by atoms with Crippen LogP contribution >= 0.6 is 0 Å². The predicted molar refractivity (Wildman–Crippen MR) is 74.2 cm³/mol. The minimum absolute atomic E-state index is 0.0826. The van der Waals surface area contributed by atoms with Crippen LogP contribution in [0.2, 0.25) is 0 Å². The van der Waals surface area contributed by atoms with Crippen LogP contribution in [0.25, 0.3) is 0 Å². The summed E-state index contributed by atoms with van der Waals surface area (Å²) in [5, 5.41) is 6.11. The summed E-state index contributed by atoms with van der Waals surface area (Å²) in [5.41, 5.74) is 0.627. The van der Waals surface area contributed by atoms with E-state index in [1.54, 1.807) is 17.3 Å². The number of carbonyl (C=O) groups excluding carboxylic acids is 1. The normalized spacial score (nSPS) is 17.8. The third kappa shape index (κ3) is 2.83. The molecule has 2 rings (SSSR count). The number of aromatic nitrogens is 2. The van der Waals surface area contributed by atoms with Crippen LogP contribution in [0, 0.1) is 5.18 Å². The van der Waals surface area contributed by atoms with Crippen molar-refractivity contribution in [1.29, 1.82) is 0 Å². The van der Waals surface area contributed by atoms with Crippen LogP contribution < -0.4 is 10.2 Å². The van der Waals surface area contributed by atoms with Gasteiger partial charge in [0.05, 0.1) is 12.1 Å². The van der Waals surface area contributed by atoms with Crippen molar-refractivity contribution in [3.05, 3.63) is 18.0 Å². The first-order chi connectivity index (χ1) is 8.37. The van der Waals surface area contributed by atoms with E-state index in [0.717, 1.165) is 5.56 Å². The molecule has 2 heterocycles. The lowest BCUT2D eigenvalue weighted by Crippen LogP contribution is -2.36. The minimum atomic E-state index is -0.239. The van der Waals surface area contributed by atoms with Crippen molar-refractivity contribution in [1.82, 2.24) is 15.3 Å². The first-order valence-corrected chi connectivity index (χ1v) is 7.67. The number of hydrogen-bond donors (Lipinski definition) is 1. The zero-order valence-electron chi connectivity index (χ0n) is 11.0. The number of anilines is 1. The van der Waals surface area contributed by atoms with Crippen molar-refractivity contribution in [3.63, 3.8) is 0 Å². The second-order valence-corrected chi connectivity index (χ2v) is 6.93. The van der Waals surface area contributed by atoms with Gasteiger partial charge in [0.1, 0.15) is 0 Å². The average molecular weight is 265 g/mol. The Bertz CT molecular complexity index is 547. The first kappa shape index (κ1) is 12.9. The van der Waals surface area contributed by atoms with E-state index in [-0.39, 0.29) is 21.9 Å². The highest BCUT2D eigenvalue weighted by molar-refractivity contribution is 7.85. The van der Waals surface area contributed by atoms with E-state index in [9.17, 15) is 4.79 Å². The zero-order valence-corrected chi connectivity index (χ0v) is 11.8. The van der Waals surface area contributed by atoms with Crippen LogP contribution in [0.4, 0.5) is 10.7 Å². The molecule has 5 nitrogen and oxygen atoms in total. The number of amides is 2. The van der Waals surface area contributed by atoms with Crippen molar-refractivity contribution in [2.45, 2.75) is 19.4 Å². The molecule has 0 spiro atoms. The molecule has 1 aromatic rings. The molecule has 0 bridgehead atoms. The zero-order chi connectivity index (χ0) is 13.3. The molecule has 1 aliphatic heterocycles. The molecule has 0 radical (unpaired) electrons.